The molecule has 0 spiro atoms. The van der Waals surface area contributed by atoms with Crippen LogP contribution in [-0.2, 0) is 6.42 Å². The number of amides is 1. The van der Waals surface area contributed by atoms with Gasteiger partial charge in [0.05, 0.1) is 5.56 Å². The van der Waals surface area contributed by atoms with E-state index in [1.54, 1.807) is 18.5 Å². The van der Waals surface area contributed by atoms with Gasteiger partial charge in [-0.25, -0.2) is 18.7 Å². The van der Waals surface area contributed by atoms with Crippen LogP contribution >= 0.6 is 11.3 Å². The lowest BCUT2D eigenvalue weighted by Crippen LogP contribution is -2.25. The first-order valence-electron chi connectivity index (χ1n) is 9.99. The Balaban J connectivity index is 1.37. The van der Waals surface area contributed by atoms with Crippen LogP contribution in [0.5, 0.6) is 0 Å². The first-order valence-corrected chi connectivity index (χ1v) is 10.8. The number of nitrogens with one attached hydrogen (secondary N) is 1. The molecule has 0 saturated carbocycles. The van der Waals surface area contributed by atoms with Gasteiger partial charge in [-0.05, 0) is 42.7 Å². The first kappa shape index (κ1) is 20.4. The third-order valence-electron chi connectivity index (χ3n) is 5.08. The van der Waals surface area contributed by atoms with Gasteiger partial charge in [-0.1, -0.05) is 18.9 Å². The molecule has 2 aromatic heterocycles. The number of carbonyl (C=O) groups is 1. The molecule has 1 N–H and O–H groups in total. The van der Waals surface area contributed by atoms with Crippen molar-refractivity contribution in [1.82, 2.24) is 9.97 Å². The van der Waals surface area contributed by atoms with Gasteiger partial charge in [0.25, 0.3) is 5.91 Å². The van der Waals surface area contributed by atoms with Crippen molar-refractivity contribution in [2.45, 2.75) is 32.1 Å². The highest BCUT2D eigenvalue weighted by atomic mass is 32.1. The standard InChI is InChI=1S/C22H22F2N4OS/c23-18-7-5-15(12-19(18)24)11-17-14-26-22(30-17)27-21(29)16-6-8-20(25-13-16)28-9-3-1-2-4-10-28/h5-8,12-14H,1-4,9-11H2,(H,26,27,29). The monoisotopic (exact) mass is 428 g/mol. The van der Waals surface area contributed by atoms with Gasteiger partial charge in [-0.2, -0.15) is 0 Å². The summed E-state index contributed by atoms with van der Waals surface area (Å²) >= 11 is 1.30. The maximum atomic E-state index is 13.4. The number of halogens is 2. The SMILES string of the molecule is O=C(Nc1ncc(Cc2ccc(F)c(F)c2)s1)c1ccc(N2CCCCCC2)nc1. The van der Waals surface area contributed by atoms with E-state index in [2.05, 4.69) is 20.2 Å². The molecule has 0 radical (unpaired) electrons. The molecule has 1 saturated heterocycles. The second-order valence-electron chi connectivity index (χ2n) is 7.32. The van der Waals surface area contributed by atoms with Crippen LogP contribution in [0.1, 0.15) is 46.5 Å². The highest BCUT2D eigenvalue weighted by molar-refractivity contribution is 7.15. The minimum absolute atomic E-state index is 0.279. The second-order valence-corrected chi connectivity index (χ2v) is 8.43. The molecule has 8 heteroatoms. The average molecular weight is 429 g/mol. The number of benzene rings is 1. The normalized spacial score (nSPS) is 14.4. The number of pyridine rings is 1. The van der Waals surface area contributed by atoms with Crippen molar-refractivity contribution in [1.29, 1.82) is 0 Å². The largest absolute Gasteiger partial charge is 0.357 e. The Bertz CT molecular complexity index is 1010. The summed E-state index contributed by atoms with van der Waals surface area (Å²) in [6.07, 6.45) is 8.47. The molecular weight excluding hydrogens is 406 g/mol. The van der Waals surface area contributed by atoms with Crippen LogP contribution in [0.4, 0.5) is 19.7 Å². The highest BCUT2D eigenvalue weighted by Gasteiger charge is 2.14. The average Bonchev–Trinajstić information content (AvgIpc) is 3.00. The smallest absolute Gasteiger partial charge is 0.259 e. The summed E-state index contributed by atoms with van der Waals surface area (Å²) in [5, 5.41) is 3.23. The Morgan fingerprint density at radius 2 is 1.80 bits per heavy atom. The van der Waals surface area contributed by atoms with Crippen LogP contribution in [-0.4, -0.2) is 29.0 Å². The molecule has 1 fully saturated rings. The molecule has 0 bridgehead atoms. The van der Waals surface area contributed by atoms with Crippen molar-refractivity contribution in [3.8, 4) is 0 Å². The lowest BCUT2D eigenvalue weighted by Gasteiger charge is -2.21. The van der Waals surface area contributed by atoms with E-state index >= 15 is 0 Å². The van der Waals surface area contributed by atoms with Crippen LogP contribution in [0.25, 0.3) is 0 Å². The Labute approximate surface area is 177 Å². The highest BCUT2D eigenvalue weighted by Crippen LogP contribution is 2.23. The molecule has 0 atom stereocenters. The van der Waals surface area contributed by atoms with E-state index in [1.807, 2.05) is 6.07 Å². The quantitative estimate of drug-likeness (QED) is 0.619. The minimum atomic E-state index is -0.873. The number of thiazole rings is 1. The van der Waals surface area contributed by atoms with Gasteiger partial charge in [0, 0.05) is 36.8 Å². The minimum Gasteiger partial charge on any atom is -0.357 e. The lowest BCUT2D eigenvalue weighted by atomic mass is 10.1. The van der Waals surface area contributed by atoms with Crippen LogP contribution in [0.15, 0.2) is 42.7 Å². The topological polar surface area (TPSA) is 58.1 Å². The van der Waals surface area contributed by atoms with Crippen molar-refractivity contribution >= 4 is 28.2 Å². The van der Waals surface area contributed by atoms with Gasteiger partial charge in [0.2, 0.25) is 0 Å². The molecule has 1 aliphatic rings. The zero-order valence-electron chi connectivity index (χ0n) is 16.4. The van der Waals surface area contributed by atoms with Gasteiger partial charge in [0.15, 0.2) is 16.8 Å². The molecule has 5 nitrogen and oxygen atoms in total. The Hall–Kier alpha value is -2.87. The van der Waals surface area contributed by atoms with Gasteiger partial charge in [-0.3, -0.25) is 10.1 Å². The van der Waals surface area contributed by atoms with E-state index in [9.17, 15) is 13.6 Å². The summed E-state index contributed by atoms with van der Waals surface area (Å²) in [5.74, 6) is -1.12. The number of carbonyl (C=O) groups excluding carboxylic acids is 1. The summed E-state index contributed by atoms with van der Waals surface area (Å²) in [6, 6.07) is 7.48. The Morgan fingerprint density at radius 1 is 1.00 bits per heavy atom. The van der Waals surface area contributed by atoms with E-state index in [1.165, 1.54) is 49.2 Å². The number of hydrogen-bond donors (Lipinski definition) is 1. The molecule has 1 aromatic carbocycles. The summed E-state index contributed by atoms with van der Waals surface area (Å²) in [6.45, 7) is 2.00. The van der Waals surface area contributed by atoms with E-state index in [4.69, 9.17) is 0 Å². The first-order chi connectivity index (χ1) is 14.6. The summed E-state index contributed by atoms with van der Waals surface area (Å²) in [5.41, 5.74) is 1.11. The number of aromatic nitrogens is 2. The molecule has 1 aliphatic heterocycles. The van der Waals surface area contributed by atoms with Crippen molar-refractivity contribution in [3.63, 3.8) is 0 Å². The lowest BCUT2D eigenvalue weighted by molar-refractivity contribution is 0.102. The fourth-order valence-electron chi connectivity index (χ4n) is 3.47. The van der Waals surface area contributed by atoms with Gasteiger partial charge < -0.3 is 4.90 Å². The predicted molar refractivity (Wildman–Crippen MR) is 114 cm³/mol. The van der Waals surface area contributed by atoms with Gasteiger partial charge >= 0.3 is 0 Å². The third-order valence-corrected chi connectivity index (χ3v) is 5.99. The molecule has 4 rings (SSSR count). The molecular formula is C22H22F2N4OS. The summed E-state index contributed by atoms with van der Waals surface area (Å²) < 4.78 is 26.4. The van der Waals surface area contributed by atoms with Crippen molar-refractivity contribution in [2.75, 3.05) is 23.3 Å². The van der Waals surface area contributed by atoms with Crippen LogP contribution in [0.3, 0.4) is 0 Å². The molecule has 30 heavy (non-hydrogen) atoms. The maximum absolute atomic E-state index is 13.4. The molecule has 3 heterocycles. The Kier molecular flexibility index (Phi) is 6.32. The maximum Gasteiger partial charge on any atom is 0.259 e. The van der Waals surface area contributed by atoms with E-state index in [-0.39, 0.29) is 5.91 Å². The van der Waals surface area contributed by atoms with E-state index in [0.717, 1.165) is 29.9 Å². The Morgan fingerprint density at radius 3 is 2.50 bits per heavy atom. The van der Waals surface area contributed by atoms with Crippen LogP contribution in [0, 0.1) is 11.6 Å². The number of anilines is 2. The molecule has 156 valence electrons. The molecule has 1 amide bonds. The third kappa shape index (κ3) is 4.99. The zero-order valence-corrected chi connectivity index (χ0v) is 17.2. The molecule has 0 unspecified atom stereocenters. The van der Waals surface area contributed by atoms with Crippen molar-refractivity contribution in [2.24, 2.45) is 0 Å². The fourth-order valence-corrected chi connectivity index (χ4v) is 4.32. The number of hydrogen-bond acceptors (Lipinski definition) is 5. The number of nitrogens with zero attached hydrogens (tertiary/aromatic N) is 3. The molecule has 3 aromatic rings. The molecule has 0 aliphatic carbocycles. The fraction of sp³-hybridized carbons (Fsp3) is 0.318. The number of rotatable bonds is 5. The van der Waals surface area contributed by atoms with Crippen molar-refractivity contribution < 1.29 is 13.6 Å². The van der Waals surface area contributed by atoms with Crippen LogP contribution < -0.4 is 10.2 Å². The van der Waals surface area contributed by atoms with Gasteiger partial charge in [-0.15, -0.1) is 11.3 Å². The zero-order chi connectivity index (χ0) is 20.9. The second kappa shape index (κ2) is 9.30. The summed E-state index contributed by atoms with van der Waals surface area (Å²) in [7, 11) is 0. The predicted octanol–water partition coefficient (Wildman–Crippen LogP) is 5.04. The van der Waals surface area contributed by atoms with E-state index < -0.39 is 11.6 Å². The van der Waals surface area contributed by atoms with E-state index in [0.29, 0.717) is 22.7 Å². The summed E-state index contributed by atoms with van der Waals surface area (Å²) in [4.78, 5) is 24.3. The van der Waals surface area contributed by atoms with Crippen molar-refractivity contribution in [3.05, 3.63) is 70.4 Å². The van der Waals surface area contributed by atoms with Crippen LogP contribution in [0.2, 0.25) is 0 Å². The van der Waals surface area contributed by atoms with Gasteiger partial charge in [0.1, 0.15) is 5.82 Å².